The zero-order valence-electron chi connectivity index (χ0n) is 12.2. The van der Waals surface area contributed by atoms with E-state index in [1.807, 2.05) is 61.5 Å². The Bertz CT molecular complexity index is 779. The fraction of sp³-hybridized carbons (Fsp3) is 0.111. The summed E-state index contributed by atoms with van der Waals surface area (Å²) >= 11 is 0. The van der Waals surface area contributed by atoms with Crippen LogP contribution >= 0.6 is 0 Å². The predicted octanol–water partition coefficient (Wildman–Crippen LogP) is 3.58. The lowest BCUT2D eigenvalue weighted by molar-refractivity contribution is 0.0942. The van der Waals surface area contributed by atoms with Crippen molar-refractivity contribution in [3.8, 4) is 11.3 Å². The number of amides is 1. The van der Waals surface area contributed by atoms with Crippen molar-refractivity contribution >= 4 is 5.91 Å². The topological polar surface area (TPSA) is 55.1 Å². The summed E-state index contributed by atoms with van der Waals surface area (Å²) < 4.78 is 5.27. The molecule has 3 rings (SSSR count). The lowest BCUT2D eigenvalue weighted by Gasteiger charge is -2.02. The number of aromatic nitrogens is 1. The Morgan fingerprint density at radius 3 is 2.68 bits per heavy atom. The van der Waals surface area contributed by atoms with Gasteiger partial charge in [0.2, 0.25) is 0 Å². The SMILES string of the molecule is Cc1cccc(-c2cc(C(=O)NCc3ccccc3)no2)c1. The van der Waals surface area contributed by atoms with E-state index in [1.165, 1.54) is 0 Å². The maximum absolute atomic E-state index is 12.1. The fourth-order valence-corrected chi connectivity index (χ4v) is 2.19. The number of hydrogen-bond acceptors (Lipinski definition) is 3. The van der Waals surface area contributed by atoms with Crippen molar-refractivity contribution in [2.75, 3.05) is 0 Å². The largest absolute Gasteiger partial charge is 0.355 e. The van der Waals surface area contributed by atoms with Crippen molar-refractivity contribution in [1.29, 1.82) is 0 Å². The molecule has 0 spiro atoms. The summed E-state index contributed by atoms with van der Waals surface area (Å²) in [5.41, 5.74) is 3.37. The minimum atomic E-state index is -0.244. The Hall–Kier alpha value is -2.88. The molecule has 0 fully saturated rings. The molecule has 2 aromatic carbocycles. The molecular weight excluding hydrogens is 276 g/mol. The molecule has 1 aromatic heterocycles. The first-order valence-corrected chi connectivity index (χ1v) is 7.08. The summed E-state index contributed by atoms with van der Waals surface area (Å²) in [6, 6.07) is 19.3. The van der Waals surface area contributed by atoms with Gasteiger partial charge in [0.15, 0.2) is 11.5 Å². The highest BCUT2D eigenvalue weighted by Crippen LogP contribution is 2.21. The first-order valence-electron chi connectivity index (χ1n) is 7.08. The number of carbonyl (C=O) groups excluding carboxylic acids is 1. The van der Waals surface area contributed by atoms with Crippen molar-refractivity contribution in [2.24, 2.45) is 0 Å². The second kappa shape index (κ2) is 6.26. The minimum Gasteiger partial charge on any atom is -0.355 e. The van der Waals surface area contributed by atoms with E-state index in [9.17, 15) is 4.79 Å². The Labute approximate surface area is 128 Å². The van der Waals surface area contributed by atoms with Gasteiger partial charge in [-0.25, -0.2) is 0 Å². The first-order chi connectivity index (χ1) is 10.7. The standard InChI is InChI=1S/C18H16N2O2/c1-13-6-5-9-15(10-13)17-11-16(20-22-17)18(21)19-12-14-7-3-2-4-8-14/h2-11H,12H2,1H3,(H,19,21). The maximum Gasteiger partial charge on any atom is 0.273 e. The Balaban J connectivity index is 1.69. The zero-order chi connectivity index (χ0) is 15.4. The number of hydrogen-bond donors (Lipinski definition) is 1. The molecule has 1 amide bonds. The molecule has 0 aliphatic heterocycles. The van der Waals surface area contributed by atoms with Gasteiger partial charge in [-0.15, -0.1) is 0 Å². The van der Waals surface area contributed by atoms with Gasteiger partial charge in [0.25, 0.3) is 5.91 Å². The summed E-state index contributed by atoms with van der Waals surface area (Å²) in [6.07, 6.45) is 0. The molecule has 0 saturated heterocycles. The van der Waals surface area contributed by atoms with E-state index in [4.69, 9.17) is 4.52 Å². The number of benzene rings is 2. The van der Waals surface area contributed by atoms with E-state index < -0.39 is 0 Å². The number of aryl methyl sites for hydroxylation is 1. The number of rotatable bonds is 4. The Morgan fingerprint density at radius 2 is 1.91 bits per heavy atom. The average Bonchev–Trinajstić information content (AvgIpc) is 3.04. The second-order valence-electron chi connectivity index (χ2n) is 5.11. The normalized spacial score (nSPS) is 10.4. The van der Waals surface area contributed by atoms with Crippen LogP contribution in [-0.2, 0) is 6.54 Å². The molecule has 0 aliphatic carbocycles. The minimum absolute atomic E-state index is 0.244. The molecule has 1 heterocycles. The summed E-state index contributed by atoms with van der Waals surface area (Å²) in [4.78, 5) is 12.1. The Kier molecular flexibility index (Phi) is 4.01. The van der Waals surface area contributed by atoms with Crippen LogP contribution in [0.2, 0.25) is 0 Å². The van der Waals surface area contributed by atoms with Gasteiger partial charge in [-0.1, -0.05) is 59.3 Å². The third kappa shape index (κ3) is 3.23. The van der Waals surface area contributed by atoms with Crippen LogP contribution in [0.25, 0.3) is 11.3 Å². The summed E-state index contributed by atoms with van der Waals surface area (Å²) in [7, 11) is 0. The lowest BCUT2D eigenvalue weighted by Crippen LogP contribution is -2.22. The molecular formula is C18H16N2O2. The Morgan fingerprint density at radius 1 is 1.09 bits per heavy atom. The van der Waals surface area contributed by atoms with Gasteiger partial charge in [-0.2, -0.15) is 0 Å². The van der Waals surface area contributed by atoms with Gasteiger partial charge in [-0.3, -0.25) is 4.79 Å². The van der Waals surface area contributed by atoms with Gasteiger partial charge in [-0.05, 0) is 18.6 Å². The van der Waals surface area contributed by atoms with Crippen LogP contribution in [0.15, 0.2) is 65.2 Å². The van der Waals surface area contributed by atoms with Gasteiger partial charge in [0, 0.05) is 18.2 Å². The molecule has 0 bridgehead atoms. The molecule has 0 aliphatic rings. The zero-order valence-corrected chi connectivity index (χ0v) is 12.2. The van der Waals surface area contributed by atoms with Gasteiger partial charge in [0.05, 0.1) is 0 Å². The van der Waals surface area contributed by atoms with Crippen molar-refractivity contribution in [3.05, 3.63) is 77.5 Å². The number of nitrogens with one attached hydrogen (secondary N) is 1. The maximum atomic E-state index is 12.1. The quantitative estimate of drug-likeness (QED) is 0.799. The molecule has 3 aromatic rings. The van der Waals surface area contributed by atoms with Crippen LogP contribution < -0.4 is 5.32 Å². The molecule has 22 heavy (non-hydrogen) atoms. The molecule has 4 nitrogen and oxygen atoms in total. The summed E-state index contributed by atoms with van der Waals surface area (Å²) in [5.74, 6) is 0.347. The highest BCUT2D eigenvalue weighted by molar-refractivity contribution is 5.93. The van der Waals surface area contributed by atoms with E-state index in [-0.39, 0.29) is 11.6 Å². The molecule has 110 valence electrons. The molecule has 0 atom stereocenters. The van der Waals surface area contributed by atoms with Crippen molar-refractivity contribution in [1.82, 2.24) is 10.5 Å². The number of nitrogens with zero attached hydrogens (tertiary/aromatic N) is 1. The lowest BCUT2D eigenvalue weighted by atomic mass is 10.1. The highest BCUT2D eigenvalue weighted by atomic mass is 16.5. The molecule has 4 heteroatoms. The monoisotopic (exact) mass is 292 g/mol. The van der Waals surface area contributed by atoms with Crippen molar-refractivity contribution in [3.63, 3.8) is 0 Å². The highest BCUT2D eigenvalue weighted by Gasteiger charge is 2.13. The van der Waals surface area contributed by atoms with Crippen LogP contribution in [0.1, 0.15) is 21.6 Å². The molecule has 1 N–H and O–H groups in total. The van der Waals surface area contributed by atoms with Crippen molar-refractivity contribution < 1.29 is 9.32 Å². The number of carbonyl (C=O) groups is 1. The second-order valence-corrected chi connectivity index (χ2v) is 5.11. The smallest absolute Gasteiger partial charge is 0.273 e. The summed E-state index contributed by atoms with van der Waals surface area (Å²) in [5, 5.41) is 6.68. The molecule has 0 radical (unpaired) electrons. The van der Waals surface area contributed by atoms with Crippen LogP contribution in [0.5, 0.6) is 0 Å². The van der Waals surface area contributed by atoms with Gasteiger partial charge < -0.3 is 9.84 Å². The van der Waals surface area contributed by atoms with E-state index in [2.05, 4.69) is 10.5 Å². The van der Waals surface area contributed by atoms with E-state index >= 15 is 0 Å². The van der Waals surface area contributed by atoms with Crippen LogP contribution in [0, 0.1) is 6.92 Å². The first kappa shape index (κ1) is 14.1. The molecule has 0 unspecified atom stereocenters. The average molecular weight is 292 g/mol. The summed E-state index contributed by atoms with van der Waals surface area (Å²) in [6.45, 7) is 2.47. The third-order valence-electron chi connectivity index (χ3n) is 3.34. The van der Waals surface area contributed by atoms with Crippen molar-refractivity contribution in [2.45, 2.75) is 13.5 Å². The van der Waals surface area contributed by atoms with Crippen LogP contribution in [-0.4, -0.2) is 11.1 Å². The molecule has 0 saturated carbocycles. The fourth-order valence-electron chi connectivity index (χ4n) is 2.19. The third-order valence-corrected chi connectivity index (χ3v) is 3.34. The van der Waals surface area contributed by atoms with E-state index in [0.29, 0.717) is 12.3 Å². The van der Waals surface area contributed by atoms with Crippen LogP contribution in [0.3, 0.4) is 0 Å². The predicted molar refractivity (Wildman–Crippen MR) is 84.3 cm³/mol. The van der Waals surface area contributed by atoms with Crippen LogP contribution in [0.4, 0.5) is 0 Å². The van der Waals surface area contributed by atoms with E-state index in [1.54, 1.807) is 6.07 Å². The van der Waals surface area contributed by atoms with Gasteiger partial charge >= 0.3 is 0 Å². The van der Waals surface area contributed by atoms with Gasteiger partial charge in [0.1, 0.15) is 0 Å². The van der Waals surface area contributed by atoms with E-state index in [0.717, 1.165) is 16.7 Å².